The van der Waals surface area contributed by atoms with Crippen LogP contribution >= 0.6 is 11.6 Å². The molecule has 11 heteroatoms. The highest BCUT2D eigenvalue weighted by Crippen LogP contribution is 2.35. The first-order valence-corrected chi connectivity index (χ1v) is 10.2. The second-order valence-corrected chi connectivity index (χ2v) is 8.51. The van der Waals surface area contributed by atoms with Gasteiger partial charge in [0.2, 0.25) is 10.0 Å². The molecule has 2 aromatic rings. The molecule has 0 saturated heterocycles. The van der Waals surface area contributed by atoms with E-state index in [0.29, 0.717) is 5.69 Å². The third kappa shape index (κ3) is 3.87. The smallest absolute Gasteiger partial charge is 0.271 e. The number of para-hydroxylation sites is 2. The van der Waals surface area contributed by atoms with Gasteiger partial charge in [0, 0.05) is 12.1 Å². The summed E-state index contributed by atoms with van der Waals surface area (Å²) in [4.78, 5) is 23.0. The number of non-ortho nitro benzene ring substituents is 1. The zero-order valence-corrected chi connectivity index (χ0v) is 16.2. The number of hydrogen-bond acceptors (Lipinski definition) is 6. The van der Waals surface area contributed by atoms with Gasteiger partial charge in [-0.25, -0.2) is 8.42 Å². The van der Waals surface area contributed by atoms with Crippen LogP contribution in [0.5, 0.6) is 5.75 Å². The van der Waals surface area contributed by atoms with Gasteiger partial charge in [0.15, 0.2) is 6.10 Å². The van der Waals surface area contributed by atoms with Gasteiger partial charge >= 0.3 is 0 Å². The Morgan fingerprint density at radius 2 is 2.07 bits per heavy atom. The van der Waals surface area contributed by atoms with Crippen molar-refractivity contribution in [3.8, 4) is 5.75 Å². The number of nitro groups is 1. The third-order valence-electron chi connectivity index (χ3n) is 4.15. The average molecular weight is 426 g/mol. The lowest BCUT2D eigenvalue weighted by Crippen LogP contribution is -2.49. The Bertz CT molecular complexity index is 1040. The SMILES string of the molecule is CCS(=O)(=O)N1CC(C(=O)Nc2cc([N+](=O)[O-])ccc2Cl)Oc2ccccc21. The number of nitrogens with zero attached hydrogens (tertiary/aromatic N) is 2. The summed E-state index contributed by atoms with van der Waals surface area (Å²) in [7, 11) is -3.64. The van der Waals surface area contributed by atoms with Crippen molar-refractivity contribution in [2.45, 2.75) is 13.0 Å². The van der Waals surface area contributed by atoms with Crippen molar-refractivity contribution in [1.29, 1.82) is 0 Å². The van der Waals surface area contributed by atoms with E-state index >= 15 is 0 Å². The van der Waals surface area contributed by atoms with Crippen LogP contribution in [0.15, 0.2) is 42.5 Å². The number of benzene rings is 2. The molecule has 1 heterocycles. The van der Waals surface area contributed by atoms with Crippen LogP contribution in [0.25, 0.3) is 0 Å². The number of sulfonamides is 1. The second-order valence-electron chi connectivity index (χ2n) is 5.92. The number of ether oxygens (including phenoxy) is 1. The lowest BCUT2D eigenvalue weighted by molar-refractivity contribution is -0.384. The fourth-order valence-corrected chi connectivity index (χ4v) is 3.98. The molecule has 1 unspecified atom stereocenters. The first-order valence-electron chi connectivity index (χ1n) is 8.24. The number of nitrogens with one attached hydrogen (secondary N) is 1. The van der Waals surface area contributed by atoms with Gasteiger partial charge in [-0.3, -0.25) is 19.2 Å². The molecular weight excluding hydrogens is 410 g/mol. The van der Waals surface area contributed by atoms with Crippen molar-refractivity contribution in [1.82, 2.24) is 0 Å². The van der Waals surface area contributed by atoms with Crippen molar-refractivity contribution < 1.29 is 22.9 Å². The fraction of sp³-hybridized carbons (Fsp3) is 0.235. The summed E-state index contributed by atoms with van der Waals surface area (Å²) in [5.41, 5.74) is 0.139. The predicted molar refractivity (Wildman–Crippen MR) is 104 cm³/mol. The number of rotatable bonds is 5. The molecule has 1 aliphatic rings. The fourth-order valence-electron chi connectivity index (χ4n) is 2.69. The number of halogens is 1. The highest BCUT2D eigenvalue weighted by molar-refractivity contribution is 7.92. The number of hydrogen-bond donors (Lipinski definition) is 1. The van der Waals surface area contributed by atoms with Gasteiger partial charge in [-0.15, -0.1) is 0 Å². The minimum atomic E-state index is -3.64. The summed E-state index contributed by atoms with van der Waals surface area (Å²) in [6.45, 7) is 1.27. The van der Waals surface area contributed by atoms with Gasteiger partial charge in [-0.2, -0.15) is 0 Å². The summed E-state index contributed by atoms with van der Waals surface area (Å²) >= 11 is 6.00. The van der Waals surface area contributed by atoms with Gasteiger partial charge in [-0.1, -0.05) is 23.7 Å². The number of fused-ring (bicyclic) bond motifs is 1. The molecule has 0 aliphatic carbocycles. The molecule has 148 valence electrons. The number of amides is 1. The van der Waals surface area contributed by atoms with E-state index in [1.54, 1.807) is 24.3 Å². The predicted octanol–water partition coefficient (Wildman–Crippen LogP) is 2.80. The molecule has 1 N–H and O–H groups in total. The molecule has 0 radical (unpaired) electrons. The monoisotopic (exact) mass is 425 g/mol. The minimum Gasteiger partial charge on any atom is -0.476 e. The Morgan fingerprint density at radius 3 is 2.75 bits per heavy atom. The Balaban J connectivity index is 1.89. The van der Waals surface area contributed by atoms with E-state index < -0.39 is 27.0 Å². The summed E-state index contributed by atoms with van der Waals surface area (Å²) in [6.07, 6.45) is -1.16. The largest absolute Gasteiger partial charge is 0.476 e. The first-order chi connectivity index (χ1) is 13.2. The highest BCUT2D eigenvalue weighted by atomic mass is 35.5. The molecule has 0 fully saturated rings. The van der Waals surface area contributed by atoms with Gasteiger partial charge in [0.1, 0.15) is 5.75 Å². The second kappa shape index (κ2) is 7.64. The molecule has 0 spiro atoms. The topological polar surface area (TPSA) is 119 Å². The van der Waals surface area contributed by atoms with Crippen molar-refractivity contribution in [3.63, 3.8) is 0 Å². The Hall–Kier alpha value is -2.85. The maximum atomic E-state index is 12.7. The van der Waals surface area contributed by atoms with E-state index in [4.69, 9.17) is 16.3 Å². The van der Waals surface area contributed by atoms with Crippen molar-refractivity contribution >= 4 is 44.6 Å². The normalized spacial score (nSPS) is 16.1. The van der Waals surface area contributed by atoms with E-state index in [0.717, 1.165) is 10.4 Å². The number of anilines is 2. The van der Waals surface area contributed by atoms with Crippen LogP contribution in [0, 0.1) is 10.1 Å². The number of nitro benzene ring substituents is 1. The first kappa shape index (κ1) is 19.9. The summed E-state index contributed by atoms with van der Waals surface area (Å²) < 4.78 is 31.7. The van der Waals surface area contributed by atoms with Crippen LogP contribution in [-0.4, -0.2) is 37.6 Å². The van der Waals surface area contributed by atoms with Gasteiger partial charge in [0.05, 0.1) is 33.6 Å². The lowest BCUT2D eigenvalue weighted by Gasteiger charge is -2.34. The quantitative estimate of drug-likeness (QED) is 0.581. The van der Waals surface area contributed by atoms with Gasteiger partial charge in [0.25, 0.3) is 11.6 Å². The maximum Gasteiger partial charge on any atom is 0.271 e. The lowest BCUT2D eigenvalue weighted by atomic mass is 10.2. The van der Waals surface area contributed by atoms with E-state index in [1.165, 1.54) is 19.1 Å². The molecular formula is C17H16ClN3O6S. The zero-order valence-electron chi connectivity index (χ0n) is 14.7. The Kier molecular flexibility index (Phi) is 5.43. The van der Waals surface area contributed by atoms with Crippen LogP contribution in [0.1, 0.15) is 6.92 Å². The standard InChI is InChI=1S/C17H16ClN3O6S/c1-2-28(25,26)20-10-16(27-15-6-4-3-5-14(15)20)17(22)19-13-9-11(21(23)24)7-8-12(13)18/h3-9,16H,2,10H2,1H3,(H,19,22). The molecule has 1 amide bonds. The molecule has 0 bridgehead atoms. The van der Waals surface area contributed by atoms with E-state index in [9.17, 15) is 23.3 Å². The van der Waals surface area contributed by atoms with E-state index in [2.05, 4.69) is 5.32 Å². The summed E-state index contributed by atoms with van der Waals surface area (Å²) in [6, 6.07) is 10.1. The highest BCUT2D eigenvalue weighted by Gasteiger charge is 2.36. The van der Waals surface area contributed by atoms with Crippen molar-refractivity contribution in [2.75, 3.05) is 21.9 Å². The molecule has 3 rings (SSSR count). The summed E-state index contributed by atoms with van der Waals surface area (Å²) in [5, 5.41) is 13.5. The Labute approximate surface area is 166 Å². The molecule has 1 aliphatic heterocycles. The van der Waals surface area contributed by atoms with Crippen LogP contribution < -0.4 is 14.4 Å². The van der Waals surface area contributed by atoms with Gasteiger partial charge in [-0.05, 0) is 25.1 Å². The number of carbonyl (C=O) groups is 1. The molecule has 28 heavy (non-hydrogen) atoms. The molecule has 0 saturated carbocycles. The third-order valence-corrected chi connectivity index (χ3v) is 6.22. The van der Waals surface area contributed by atoms with Crippen molar-refractivity contribution in [3.05, 3.63) is 57.6 Å². The Morgan fingerprint density at radius 1 is 1.36 bits per heavy atom. The van der Waals surface area contributed by atoms with E-state index in [1.807, 2.05) is 0 Å². The van der Waals surface area contributed by atoms with Crippen LogP contribution in [0.4, 0.5) is 17.1 Å². The van der Waals surface area contributed by atoms with E-state index in [-0.39, 0.29) is 34.4 Å². The molecule has 1 atom stereocenters. The molecule has 2 aromatic carbocycles. The minimum absolute atomic E-state index is 0.0354. The average Bonchev–Trinajstić information content (AvgIpc) is 2.68. The van der Waals surface area contributed by atoms with Crippen molar-refractivity contribution in [2.24, 2.45) is 0 Å². The van der Waals surface area contributed by atoms with Crippen LogP contribution in [-0.2, 0) is 14.8 Å². The summed E-state index contributed by atoms with van der Waals surface area (Å²) in [5.74, 6) is -0.573. The zero-order chi connectivity index (χ0) is 20.5. The maximum absolute atomic E-state index is 12.7. The van der Waals surface area contributed by atoms with Crippen LogP contribution in [0.2, 0.25) is 5.02 Å². The molecule has 0 aromatic heterocycles. The molecule has 9 nitrogen and oxygen atoms in total. The number of carbonyl (C=O) groups excluding carboxylic acids is 1. The van der Waals surface area contributed by atoms with Crippen LogP contribution in [0.3, 0.4) is 0 Å². The van der Waals surface area contributed by atoms with Gasteiger partial charge < -0.3 is 10.1 Å².